The van der Waals surface area contributed by atoms with E-state index in [0.29, 0.717) is 0 Å². The average Bonchev–Trinajstić information content (AvgIpc) is 1.82. The molecule has 4 heteroatoms. The minimum atomic E-state index is -0.542. The Labute approximate surface area is 59.8 Å². The Morgan fingerprint density at radius 3 is 2.40 bits per heavy atom. The van der Waals surface area contributed by atoms with Gasteiger partial charge in [-0.2, -0.15) is 0 Å². The van der Waals surface area contributed by atoms with Gasteiger partial charge in [-0.25, -0.2) is 0 Å². The molecule has 58 valence electrons. The first-order chi connectivity index (χ1) is 4.54. The first kappa shape index (κ1) is 9.10. The number of amides is 1. The van der Waals surface area contributed by atoms with Gasteiger partial charge in [-0.15, -0.1) is 0 Å². The molecule has 0 heterocycles. The number of hydrogen-bond acceptors (Lipinski definition) is 3. The highest BCUT2D eigenvalue weighted by Gasteiger charge is 2.05. The number of ketones is 1. The number of nitrogens with two attached hydrogens (primary N) is 1. The number of carbonyl (C=O) groups is 2. The van der Waals surface area contributed by atoms with Gasteiger partial charge in [0.15, 0.2) is 0 Å². The monoisotopic (exact) mass is 144 g/mol. The molecule has 0 bridgehead atoms. The van der Waals surface area contributed by atoms with Crippen molar-refractivity contribution in [3.05, 3.63) is 0 Å². The normalized spacial score (nSPS) is 12.3. The fourth-order valence-electron chi connectivity index (χ4n) is 0.373. The van der Waals surface area contributed by atoms with E-state index in [0.717, 1.165) is 0 Å². The number of hydrogen-bond donors (Lipinski definition) is 2. The SMILES string of the molecule is CC(=O)CNC(=O)C(C)N. The summed E-state index contributed by atoms with van der Waals surface area (Å²) in [5, 5.41) is 2.37. The molecule has 0 rings (SSSR count). The highest BCUT2D eigenvalue weighted by Crippen LogP contribution is 1.74. The van der Waals surface area contributed by atoms with Crippen LogP contribution in [0.3, 0.4) is 0 Å². The highest BCUT2D eigenvalue weighted by atomic mass is 16.2. The Morgan fingerprint density at radius 1 is 1.60 bits per heavy atom. The van der Waals surface area contributed by atoms with Crippen molar-refractivity contribution in [1.82, 2.24) is 5.32 Å². The van der Waals surface area contributed by atoms with Crippen LogP contribution in [0.5, 0.6) is 0 Å². The second-order valence-corrected chi connectivity index (χ2v) is 2.21. The highest BCUT2D eigenvalue weighted by molar-refractivity contribution is 5.86. The molecule has 1 atom stereocenters. The molecule has 0 fully saturated rings. The van der Waals surface area contributed by atoms with Gasteiger partial charge in [0.1, 0.15) is 5.78 Å². The van der Waals surface area contributed by atoms with Gasteiger partial charge in [0.05, 0.1) is 12.6 Å². The van der Waals surface area contributed by atoms with E-state index >= 15 is 0 Å². The van der Waals surface area contributed by atoms with Crippen LogP contribution in [0.4, 0.5) is 0 Å². The van der Waals surface area contributed by atoms with Crippen LogP contribution in [0.2, 0.25) is 0 Å². The standard InChI is InChI=1S/C6H12N2O2/c1-4(9)3-8-6(10)5(2)7/h5H,3,7H2,1-2H3,(H,8,10). The minimum absolute atomic E-state index is 0.0698. The van der Waals surface area contributed by atoms with Crippen LogP contribution < -0.4 is 11.1 Å². The Kier molecular flexibility index (Phi) is 3.64. The molecule has 0 spiro atoms. The summed E-state index contributed by atoms with van der Waals surface area (Å²) >= 11 is 0. The molecule has 0 saturated carbocycles. The van der Waals surface area contributed by atoms with Crippen LogP contribution in [0.15, 0.2) is 0 Å². The Bertz CT molecular complexity index is 143. The minimum Gasteiger partial charge on any atom is -0.348 e. The maximum Gasteiger partial charge on any atom is 0.236 e. The van der Waals surface area contributed by atoms with Crippen molar-refractivity contribution < 1.29 is 9.59 Å². The Morgan fingerprint density at radius 2 is 2.10 bits per heavy atom. The third kappa shape index (κ3) is 4.03. The van der Waals surface area contributed by atoms with Gasteiger partial charge in [0, 0.05) is 0 Å². The molecule has 1 unspecified atom stereocenters. The lowest BCUT2D eigenvalue weighted by molar-refractivity contribution is -0.125. The second kappa shape index (κ2) is 4.00. The molecule has 0 aliphatic heterocycles. The second-order valence-electron chi connectivity index (χ2n) is 2.21. The molecule has 0 saturated heterocycles. The van der Waals surface area contributed by atoms with Crippen molar-refractivity contribution in [1.29, 1.82) is 0 Å². The predicted octanol–water partition coefficient (Wildman–Crippen LogP) is -0.961. The number of carbonyl (C=O) groups excluding carboxylic acids is 2. The molecule has 0 radical (unpaired) electrons. The maximum atomic E-state index is 10.7. The summed E-state index contributed by atoms with van der Waals surface area (Å²) in [4.78, 5) is 21.0. The molecule has 4 nitrogen and oxygen atoms in total. The molecular weight excluding hydrogens is 132 g/mol. The summed E-state index contributed by atoms with van der Waals surface area (Å²) in [5.41, 5.74) is 5.20. The van der Waals surface area contributed by atoms with Gasteiger partial charge in [-0.05, 0) is 13.8 Å². The smallest absolute Gasteiger partial charge is 0.236 e. The summed E-state index contributed by atoms with van der Waals surface area (Å²) in [5.74, 6) is -0.371. The first-order valence-electron chi connectivity index (χ1n) is 3.06. The number of nitrogens with one attached hydrogen (secondary N) is 1. The van der Waals surface area contributed by atoms with E-state index in [2.05, 4.69) is 5.32 Å². The van der Waals surface area contributed by atoms with Crippen LogP contribution in [0.25, 0.3) is 0 Å². The van der Waals surface area contributed by atoms with Crippen molar-refractivity contribution in [2.45, 2.75) is 19.9 Å². The quantitative estimate of drug-likeness (QED) is 0.535. The Hall–Kier alpha value is -0.900. The van der Waals surface area contributed by atoms with Gasteiger partial charge < -0.3 is 11.1 Å². The number of Topliss-reactive ketones (excluding diaryl/α,β-unsaturated/α-hetero) is 1. The Balaban J connectivity index is 3.50. The van der Waals surface area contributed by atoms with Crippen LogP contribution >= 0.6 is 0 Å². The molecule has 3 N–H and O–H groups in total. The van der Waals surface area contributed by atoms with Gasteiger partial charge in [-0.1, -0.05) is 0 Å². The van der Waals surface area contributed by atoms with Gasteiger partial charge in [0.2, 0.25) is 5.91 Å². The molecule has 0 aromatic heterocycles. The molecule has 0 aromatic carbocycles. The lowest BCUT2D eigenvalue weighted by atomic mass is 10.3. The summed E-state index contributed by atoms with van der Waals surface area (Å²) < 4.78 is 0. The summed E-state index contributed by atoms with van der Waals surface area (Å²) in [6.45, 7) is 3.04. The zero-order chi connectivity index (χ0) is 8.15. The molecular formula is C6H12N2O2. The summed E-state index contributed by atoms with van der Waals surface area (Å²) in [6.07, 6.45) is 0. The van der Waals surface area contributed by atoms with Gasteiger partial charge in [0.25, 0.3) is 0 Å². The fraction of sp³-hybridized carbons (Fsp3) is 0.667. The lowest BCUT2D eigenvalue weighted by Gasteiger charge is -2.04. The van der Waals surface area contributed by atoms with Crippen LogP contribution in [-0.4, -0.2) is 24.3 Å². The predicted molar refractivity (Wildman–Crippen MR) is 37.3 cm³/mol. The third-order valence-electron chi connectivity index (χ3n) is 0.925. The van der Waals surface area contributed by atoms with Crippen molar-refractivity contribution >= 4 is 11.7 Å². The van der Waals surface area contributed by atoms with Crippen LogP contribution in [0.1, 0.15) is 13.8 Å². The third-order valence-corrected chi connectivity index (χ3v) is 0.925. The van der Waals surface area contributed by atoms with Crippen molar-refractivity contribution in [3.63, 3.8) is 0 Å². The van der Waals surface area contributed by atoms with E-state index in [1.165, 1.54) is 6.92 Å². The molecule has 0 aliphatic rings. The molecule has 10 heavy (non-hydrogen) atoms. The first-order valence-corrected chi connectivity index (χ1v) is 3.06. The van der Waals surface area contributed by atoms with Crippen LogP contribution in [0, 0.1) is 0 Å². The molecule has 1 amide bonds. The summed E-state index contributed by atoms with van der Waals surface area (Å²) in [7, 11) is 0. The van der Waals surface area contributed by atoms with Crippen molar-refractivity contribution in [2.75, 3.05) is 6.54 Å². The fourth-order valence-corrected chi connectivity index (χ4v) is 0.373. The summed E-state index contributed by atoms with van der Waals surface area (Å²) in [6, 6.07) is -0.542. The van der Waals surface area contributed by atoms with Crippen molar-refractivity contribution in [2.24, 2.45) is 5.73 Å². The van der Waals surface area contributed by atoms with E-state index in [-0.39, 0.29) is 18.2 Å². The van der Waals surface area contributed by atoms with Gasteiger partial charge >= 0.3 is 0 Å². The lowest BCUT2D eigenvalue weighted by Crippen LogP contribution is -2.40. The topological polar surface area (TPSA) is 72.2 Å². The van der Waals surface area contributed by atoms with Crippen LogP contribution in [-0.2, 0) is 9.59 Å². The average molecular weight is 144 g/mol. The number of rotatable bonds is 3. The van der Waals surface area contributed by atoms with E-state index in [1.807, 2.05) is 0 Å². The van der Waals surface area contributed by atoms with E-state index in [1.54, 1.807) is 6.92 Å². The maximum absolute atomic E-state index is 10.7. The van der Waals surface area contributed by atoms with E-state index in [9.17, 15) is 9.59 Å². The van der Waals surface area contributed by atoms with Crippen molar-refractivity contribution in [3.8, 4) is 0 Å². The zero-order valence-corrected chi connectivity index (χ0v) is 6.18. The van der Waals surface area contributed by atoms with Gasteiger partial charge in [-0.3, -0.25) is 9.59 Å². The molecule has 0 aliphatic carbocycles. The van der Waals surface area contributed by atoms with E-state index in [4.69, 9.17) is 5.73 Å². The molecule has 0 aromatic rings. The largest absolute Gasteiger partial charge is 0.348 e. The van der Waals surface area contributed by atoms with E-state index < -0.39 is 6.04 Å². The zero-order valence-electron chi connectivity index (χ0n) is 6.18.